The highest BCUT2D eigenvalue weighted by molar-refractivity contribution is 6.33. The number of nitrogens with one attached hydrogen (secondary N) is 2. The van der Waals surface area contributed by atoms with Gasteiger partial charge in [0.05, 0.1) is 11.0 Å². The van der Waals surface area contributed by atoms with Crippen molar-refractivity contribution in [3.63, 3.8) is 0 Å². The summed E-state index contributed by atoms with van der Waals surface area (Å²) in [5, 5.41) is 0.774. The minimum atomic E-state index is -0.174. The second-order valence-corrected chi connectivity index (χ2v) is 6.18. The Kier molecular flexibility index (Phi) is 2.73. The van der Waals surface area contributed by atoms with Gasteiger partial charge in [-0.3, -0.25) is 0 Å². The van der Waals surface area contributed by atoms with E-state index in [0.717, 1.165) is 32.7 Å². The van der Waals surface area contributed by atoms with E-state index < -0.39 is 0 Å². The number of aromatic nitrogens is 2. The molecule has 1 aliphatic rings. The van der Waals surface area contributed by atoms with Crippen molar-refractivity contribution < 1.29 is 0 Å². The van der Waals surface area contributed by atoms with Crippen LogP contribution in [0.2, 0.25) is 5.02 Å². The van der Waals surface area contributed by atoms with Gasteiger partial charge in [-0.05, 0) is 60.6 Å². The summed E-state index contributed by atoms with van der Waals surface area (Å²) in [5.41, 5.74) is 6.06. The Labute approximate surface area is 127 Å². The minimum absolute atomic E-state index is 0.174. The van der Waals surface area contributed by atoms with Gasteiger partial charge in [-0.1, -0.05) is 23.7 Å². The fourth-order valence-electron chi connectivity index (χ4n) is 3.04. The lowest BCUT2D eigenvalue weighted by atomic mass is 9.95. The number of rotatable bonds is 2. The summed E-state index contributed by atoms with van der Waals surface area (Å²) in [6.07, 6.45) is 2.46. The van der Waals surface area contributed by atoms with E-state index in [1.54, 1.807) is 0 Å². The highest BCUT2D eigenvalue weighted by atomic mass is 35.5. The molecule has 0 unspecified atom stereocenters. The molecule has 0 radical (unpaired) electrons. The van der Waals surface area contributed by atoms with Gasteiger partial charge in [-0.25, -0.2) is 4.79 Å². The number of hydrogen-bond acceptors (Lipinski definition) is 1. The molecule has 0 saturated heterocycles. The monoisotopic (exact) mass is 298 g/mol. The van der Waals surface area contributed by atoms with Crippen LogP contribution in [0.15, 0.2) is 35.1 Å². The predicted molar refractivity (Wildman–Crippen MR) is 86.1 cm³/mol. The van der Waals surface area contributed by atoms with Crippen molar-refractivity contribution in [3.05, 3.63) is 57.0 Å². The Morgan fingerprint density at radius 2 is 2.00 bits per heavy atom. The van der Waals surface area contributed by atoms with E-state index in [9.17, 15) is 4.79 Å². The minimum Gasteiger partial charge on any atom is -0.306 e. The maximum Gasteiger partial charge on any atom is 0.323 e. The Morgan fingerprint density at radius 1 is 1.19 bits per heavy atom. The third-order valence-electron chi connectivity index (χ3n) is 4.17. The first kappa shape index (κ1) is 12.7. The van der Waals surface area contributed by atoms with E-state index in [1.807, 2.05) is 25.1 Å². The predicted octanol–water partition coefficient (Wildman–Crippen LogP) is 4.36. The summed E-state index contributed by atoms with van der Waals surface area (Å²) in [6.45, 7) is 2.00. The first-order valence-corrected chi connectivity index (χ1v) is 7.52. The van der Waals surface area contributed by atoms with Crippen molar-refractivity contribution in [2.24, 2.45) is 0 Å². The Hall–Kier alpha value is -2.00. The van der Waals surface area contributed by atoms with Crippen molar-refractivity contribution >= 4 is 22.6 Å². The zero-order valence-electron chi connectivity index (χ0n) is 11.7. The maximum absolute atomic E-state index is 11.5. The molecule has 21 heavy (non-hydrogen) atoms. The van der Waals surface area contributed by atoms with Crippen LogP contribution in [0.3, 0.4) is 0 Å². The Bertz CT molecular complexity index is 903. The molecular weight excluding hydrogens is 284 g/mol. The molecule has 4 rings (SSSR count). The van der Waals surface area contributed by atoms with E-state index in [0.29, 0.717) is 5.92 Å². The maximum atomic E-state index is 11.5. The molecule has 1 saturated carbocycles. The zero-order valence-corrected chi connectivity index (χ0v) is 12.4. The van der Waals surface area contributed by atoms with Crippen molar-refractivity contribution in [1.82, 2.24) is 9.97 Å². The number of hydrogen-bond donors (Lipinski definition) is 2. The van der Waals surface area contributed by atoms with Gasteiger partial charge in [0.2, 0.25) is 0 Å². The van der Waals surface area contributed by atoms with Gasteiger partial charge in [-0.15, -0.1) is 0 Å². The van der Waals surface area contributed by atoms with Gasteiger partial charge >= 0.3 is 5.69 Å². The summed E-state index contributed by atoms with van der Waals surface area (Å²) < 4.78 is 0. The first-order valence-electron chi connectivity index (χ1n) is 7.15. The molecule has 4 heteroatoms. The van der Waals surface area contributed by atoms with E-state index in [-0.39, 0.29) is 5.69 Å². The van der Waals surface area contributed by atoms with Crippen LogP contribution in [0.1, 0.15) is 29.9 Å². The smallest absolute Gasteiger partial charge is 0.306 e. The summed E-state index contributed by atoms with van der Waals surface area (Å²) in [6, 6.07) is 10.2. The summed E-state index contributed by atoms with van der Waals surface area (Å²) in [7, 11) is 0. The van der Waals surface area contributed by atoms with Crippen LogP contribution < -0.4 is 5.69 Å². The van der Waals surface area contributed by atoms with Crippen LogP contribution in [0.5, 0.6) is 0 Å². The second kappa shape index (κ2) is 4.50. The number of imidazole rings is 1. The number of fused-ring (bicyclic) bond motifs is 1. The van der Waals surface area contributed by atoms with Crippen LogP contribution >= 0.6 is 11.6 Å². The number of H-pyrrole nitrogens is 2. The van der Waals surface area contributed by atoms with Crippen LogP contribution in [-0.2, 0) is 0 Å². The van der Waals surface area contributed by atoms with Gasteiger partial charge in [0.15, 0.2) is 0 Å². The lowest BCUT2D eigenvalue weighted by Crippen LogP contribution is -1.99. The molecule has 3 nitrogen and oxygen atoms in total. The van der Waals surface area contributed by atoms with E-state index >= 15 is 0 Å². The Morgan fingerprint density at radius 3 is 2.76 bits per heavy atom. The lowest BCUT2D eigenvalue weighted by molar-refractivity contribution is 1.13. The standard InChI is InChI=1S/C17H15ClN2O/c1-9-7-11(8-14-16(9)20-17(21)19-14)15-12(10-5-6-10)3-2-4-13(15)18/h2-4,7-8,10H,5-6H2,1H3,(H2,19,20,21). The van der Waals surface area contributed by atoms with Crippen LogP contribution in [0.25, 0.3) is 22.2 Å². The largest absolute Gasteiger partial charge is 0.323 e. The zero-order chi connectivity index (χ0) is 14.6. The third kappa shape index (κ3) is 2.09. The van der Waals surface area contributed by atoms with Gasteiger partial charge in [-0.2, -0.15) is 0 Å². The molecule has 2 N–H and O–H groups in total. The summed E-state index contributed by atoms with van der Waals surface area (Å²) in [5.74, 6) is 0.625. The summed E-state index contributed by atoms with van der Waals surface area (Å²) >= 11 is 6.46. The molecule has 0 bridgehead atoms. The van der Waals surface area contributed by atoms with Crippen molar-refractivity contribution in [3.8, 4) is 11.1 Å². The number of halogens is 1. The highest BCUT2D eigenvalue weighted by Crippen LogP contribution is 2.46. The molecule has 0 atom stereocenters. The molecule has 0 spiro atoms. The lowest BCUT2D eigenvalue weighted by Gasteiger charge is -2.12. The molecule has 1 aromatic heterocycles. The fraction of sp³-hybridized carbons (Fsp3) is 0.235. The molecule has 0 amide bonds. The van der Waals surface area contributed by atoms with Crippen molar-refractivity contribution in [1.29, 1.82) is 0 Å². The van der Waals surface area contributed by atoms with Crippen molar-refractivity contribution in [2.45, 2.75) is 25.7 Å². The average Bonchev–Trinajstić information content (AvgIpc) is 3.21. The SMILES string of the molecule is Cc1cc(-c2c(Cl)cccc2C2CC2)cc2[nH]c(=O)[nH]c12. The molecule has 106 valence electrons. The molecular formula is C17H15ClN2O. The topological polar surface area (TPSA) is 48.6 Å². The number of aryl methyl sites for hydroxylation is 1. The van der Waals surface area contributed by atoms with Crippen LogP contribution in [0.4, 0.5) is 0 Å². The second-order valence-electron chi connectivity index (χ2n) is 5.77. The number of aromatic amines is 2. The average molecular weight is 299 g/mol. The van der Waals surface area contributed by atoms with Gasteiger partial charge < -0.3 is 9.97 Å². The normalized spacial score (nSPS) is 14.8. The van der Waals surface area contributed by atoms with E-state index in [4.69, 9.17) is 11.6 Å². The summed E-state index contributed by atoms with van der Waals surface area (Å²) in [4.78, 5) is 17.2. The van der Waals surface area contributed by atoms with Gasteiger partial charge in [0.25, 0.3) is 0 Å². The molecule has 1 aliphatic carbocycles. The third-order valence-corrected chi connectivity index (χ3v) is 4.49. The molecule has 0 aliphatic heterocycles. The molecule has 1 heterocycles. The quantitative estimate of drug-likeness (QED) is 0.725. The first-order chi connectivity index (χ1) is 10.1. The molecule has 1 fully saturated rings. The molecule has 3 aromatic rings. The highest BCUT2D eigenvalue weighted by Gasteiger charge is 2.27. The van der Waals surface area contributed by atoms with Crippen molar-refractivity contribution in [2.75, 3.05) is 0 Å². The number of benzene rings is 2. The van der Waals surface area contributed by atoms with Gasteiger partial charge in [0, 0.05) is 10.6 Å². The van der Waals surface area contributed by atoms with Crippen LogP contribution in [-0.4, -0.2) is 9.97 Å². The van der Waals surface area contributed by atoms with Gasteiger partial charge in [0.1, 0.15) is 0 Å². The fourth-order valence-corrected chi connectivity index (χ4v) is 3.33. The van der Waals surface area contributed by atoms with E-state index in [1.165, 1.54) is 18.4 Å². The van der Waals surface area contributed by atoms with Crippen LogP contribution in [0, 0.1) is 6.92 Å². The molecule has 2 aromatic carbocycles. The Balaban J connectivity index is 2.00. The van der Waals surface area contributed by atoms with E-state index in [2.05, 4.69) is 22.1 Å².